The van der Waals surface area contributed by atoms with E-state index < -0.39 is 0 Å². The number of halogens is 1. The average molecular weight is 293 g/mol. The summed E-state index contributed by atoms with van der Waals surface area (Å²) in [4.78, 5) is 4.65. The zero-order valence-electron chi connectivity index (χ0n) is 10.0. The molecule has 0 atom stereocenters. The summed E-state index contributed by atoms with van der Waals surface area (Å²) in [6.07, 6.45) is 2.42. The Hall–Kier alpha value is -1.53. The number of nitrogens with zero attached hydrogens (tertiary/aromatic N) is 1. The van der Waals surface area contributed by atoms with E-state index in [9.17, 15) is 4.39 Å². The molecule has 6 heteroatoms. The first-order valence-electron chi connectivity index (χ1n) is 5.95. The van der Waals surface area contributed by atoms with Crippen LogP contribution >= 0.6 is 23.6 Å². The van der Waals surface area contributed by atoms with Gasteiger partial charge in [-0.25, -0.2) is 9.37 Å². The van der Waals surface area contributed by atoms with Gasteiger partial charge >= 0.3 is 0 Å². The van der Waals surface area contributed by atoms with Crippen molar-refractivity contribution >= 4 is 39.4 Å². The Morgan fingerprint density at radius 1 is 1.47 bits per heavy atom. The van der Waals surface area contributed by atoms with Crippen molar-refractivity contribution in [3.8, 4) is 0 Å². The Kier molecular flexibility index (Phi) is 3.20. The third-order valence-electron chi connectivity index (χ3n) is 3.01. The molecule has 19 heavy (non-hydrogen) atoms. The average Bonchev–Trinajstić information content (AvgIpc) is 3.12. The highest BCUT2D eigenvalue weighted by atomic mass is 32.1. The van der Waals surface area contributed by atoms with Gasteiger partial charge in [0.1, 0.15) is 10.8 Å². The maximum atomic E-state index is 13.9. The van der Waals surface area contributed by atoms with Gasteiger partial charge in [0.2, 0.25) is 0 Å². The molecule has 0 aliphatic heterocycles. The number of hydrogen-bond donors (Lipinski definition) is 2. The molecule has 0 radical (unpaired) electrons. The molecule has 1 aromatic carbocycles. The van der Waals surface area contributed by atoms with Crippen LogP contribution < -0.4 is 11.1 Å². The summed E-state index contributed by atoms with van der Waals surface area (Å²) in [6, 6.07) is 4.66. The molecule has 1 saturated carbocycles. The van der Waals surface area contributed by atoms with E-state index in [-0.39, 0.29) is 10.8 Å². The summed E-state index contributed by atoms with van der Waals surface area (Å²) in [5, 5.41) is 5.73. The fourth-order valence-electron chi connectivity index (χ4n) is 1.80. The number of aromatic nitrogens is 1. The minimum Gasteiger partial charge on any atom is -0.389 e. The minimum atomic E-state index is -0.381. The lowest BCUT2D eigenvalue weighted by atomic mass is 10.2. The summed E-state index contributed by atoms with van der Waals surface area (Å²) < 4.78 is 13.9. The summed E-state index contributed by atoms with van der Waals surface area (Å²) in [5.41, 5.74) is 7.48. The Bertz CT molecular complexity index is 635. The lowest BCUT2D eigenvalue weighted by Gasteiger charge is -2.06. The predicted molar refractivity (Wildman–Crippen MR) is 79.7 cm³/mol. The lowest BCUT2D eigenvalue weighted by Crippen LogP contribution is -2.09. The molecular weight excluding hydrogens is 281 g/mol. The van der Waals surface area contributed by atoms with E-state index in [0.717, 1.165) is 5.69 Å². The molecule has 3 rings (SSSR count). The molecule has 0 spiro atoms. The highest BCUT2D eigenvalue weighted by Crippen LogP contribution is 2.41. The number of benzene rings is 1. The van der Waals surface area contributed by atoms with Crippen LogP contribution in [0, 0.1) is 5.82 Å². The predicted octanol–water partition coefficient (Wildman–Crippen LogP) is 3.54. The Labute approximate surface area is 119 Å². The molecule has 1 aliphatic carbocycles. The first-order chi connectivity index (χ1) is 9.13. The van der Waals surface area contributed by atoms with Gasteiger partial charge in [-0.3, -0.25) is 0 Å². The fraction of sp³-hybridized carbons (Fsp3) is 0.231. The van der Waals surface area contributed by atoms with E-state index >= 15 is 0 Å². The first kappa shape index (κ1) is 12.5. The fourth-order valence-corrected chi connectivity index (χ4v) is 2.73. The van der Waals surface area contributed by atoms with Gasteiger partial charge in [0, 0.05) is 16.9 Å². The Morgan fingerprint density at radius 2 is 2.26 bits per heavy atom. The van der Waals surface area contributed by atoms with Gasteiger partial charge in [-0.05, 0) is 31.0 Å². The molecule has 3 N–H and O–H groups in total. The van der Waals surface area contributed by atoms with Gasteiger partial charge in [-0.2, -0.15) is 0 Å². The normalized spacial score (nSPS) is 14.4. The zero-order valence-corrected chi connectivity index (χ0v) is 11.7. The number of rotatable bonds is 4. The van der Waals surface area contributed by atoms with Crippen molar-refractivity contribution in [2.45, 2.75) is 18.8 Å². The van der Waals surface area contributed by atoms with Crippen molar-refractivity contribution in [1.82, 2.24) is 4.98 Å². The molecule has 98 valence electrons. The van der Waals surface area contributed by atoms with Crippen LogP contribution in [0.15, 0.2) is 23.6 Å². The van der Waals surface area contributed by atoms with Gasteiger partial charge in [-0.15, -0.1) is 11.3 Å². The minimum absolute atomic E-state index is 0.190. The van der Waals surface area contributed by atoms with Crippen molar-refractivity contribution < 1.29 is 4.39 Å². The van der Waals surface area contributed by atoms with Crippen LogP contribution in [0.3, 0.4) is 0 Å². The smallest absolute Gasteiger partial charge is 0.187 e. The standard InChI is InChI=1S/C13H12FN3S2/c14-9-5-8(12(15)18)3-4-10(9)16-13-17-11(6-19-13)7-1-2-7/h3-7H,1-2H2,(H2,15,18)(H,16,17). The number of thiazole rings is 1. The Morgan fingerprint density at radius 3 is 2.89 bits per heavy atom. The summed E-state index contributed by atoms with van der Waals surface area (Å²) in [7, 11) is 0. The summed E-state index contributed by atoms with van der Waals surface area (Å²) in [6.45, 7) is 0. The van der Waals surface area contributed by atoms with Gasteiger partial charge in [0.25, 0.3) is 0 Å². The topological polar surface area (TPSA) is 50.9 Å². The highest BCUT2D eigenvalue weighted by molar-refractivity contribution is 7.80. The van der Waals surface area contributed by atoms with E-state index in [2.05, 4.69) is 10.3 Å². The SMILES string of the molecule is NC(=S)c1ccc(Nc2nc(C3CC3)cs2)c(F)c1. The molecule has 0 amide bonds. The van der Waals surface area contributed by atoms with Crippen LogP contribution in [0.25, 0.3) is 0 Å². The van der Waals surface area contributed by atoms with Crippen molar-refractivity contribution in [2.75, 3.05) is 5.32 Å². The van der Waals surface area contributed by atoms with E-state index in [1.165, 1.54) is 30.2 Å². The molecule has 2 aromatic rings. The van der Waals surface area contributed by atoms with Crippen LogP contribution in [-0.2, 0) is 0 Å². The molecule has 0 saturated heterocycles. The highest BCUT2D eigenvalue weighted by Gasteiger charge is 2.26. The first-order valence-corrected chi connectivity index (χ1v) is 7.24. The van der Waals surface area contributed by atoms with E-state index in [0.29, 0.717) is 22.3 Å². The molecular formula is C13H12FN3S2. The quantitative estimate of drug-likeness (QED) is 0.847. The van der Waals surface area contributed by atoms with Crippen molar-refractivity contribution in [3.05, 3.63) is 40.7 Å². The third-order valence-corrected chi connectivity index (χ3v) is 4.02. The second-order valence-electron chi connectivity index (χ2n) is 4.54. The second-order valence-corrected chi connectivity index (χ2v) is 5.83. The molecule has 1 aliphatic rings. The third kappa shape index (κ3) is 2.74. The van der Waals surface area contributed by atoms with E-state index in [1.807, 2.05) is 5.38 Å². The van der Waals surface area contributed by atoms with Crippen molar-refractivity contribution in [2.24, 2.45) is 5.73 Å². The Balaban J connectivity index is 1.79. The summed E-state index contributed by atoms with van der Waals surface area (Å²) in [5.74, 6) is 0.224. The zero-order chi connectivity index (χ0) is 13.4. The van der Waals surface area contributed by atoms with E-state index in [4.69, 9.17) is 18.0 Å². The maximum Gasteiger partial charge on any atom is 0.187 e. The monoisotopic (exact) mass is 293 g/mol. The number of nitrogens with one attached hydrogen (secondary N) is 1. The molecule has 1 aromatic heterocycles. The molecule has 1 heterocycles. The van der Waals surface area contributed by atoms with Crippen LogP contribution in [-0.4, -0.2) is 9.97 Å². The van der Waals surface area contributed by atoms with Crippen LogP contribution in [0.1, 0.15) is 30.0 Å². The van der Waals surface area contributed by atoms with Crippen LogP contribution in [0.5, 0.6) is 0 Å². The molecule has 0 bridgehead atoms. The molecule has 1 fully saturated rings. The summed E-state index contributed by atoms with van der Waals surface area (Å²) >= 11 is 6.31. The van der Waals surface area contributed by atoms with Crippen molar-refractivity contribution in [1.29, 1.82) is 0 Å². The number of anilines is 2. The van der Waals surface area contributed by atoms with Crippen molar-refractivity contribution in [3.63, 3.8) is 0 Å². The van der Waals surface area contributed by atoms with E-state index in [1.54, 1.807) is 12.1 Å². The van der Waals surface area contributed by atoms with Gasteiger partial charge < -0.3 is 11.1 Å². The maximum absolute atomic E-state index is 13.9. The number of hydrogen-bond acceptors (Lipinski definition) is 4. The number of thiocarbonyl (C=S) groups is 1. The number of nitrogens with two attached hydrogens (primary N) is 1. The molecule has 0 unspecified atom stereocenters. The second kappa shape index (κ2) is 4.86. The van der Waals surface area contributed by atoms with Crippen LogP contribution in [0.2, 0.25) is 0 Å². The van der Waals surface area contributed by atoms with Gasteiger partial charge in [0.05, 0.1) is 11.4 Å². The lowest BCUT2D eigenvalue weighted by molar-refractivity contribution is 0.631. The van der Waals surface area contributed by atoms with Gasteiger partial charge in [0.15, 0.2) is 5.13 Å². The van der Waals surface area contributed by atoms with Gasteiger partial charge in [-0.1, -0.05) is 12.2 Å². The largest absolute Gasteiger partial charge is 0.389 e. The molecule has 3 nitrogen and oxygen atoms in total. The van der Waals surface area contributed by atoms with Crippen LogP contribution in [0.4, 0.5) is 15.2 Å².